The maximum atomic E-state index is 13.0. The number of aromatic nitrogens is 2. The molecule has 1 amide bonds. The Labute approximate surface area is 198 Å². The fourth-order valence-corrected chi connectivity index (χ4v) is 4.82. The van der Waals surface area contributed by atoms with Gasteiger partial charge in [0.25, 0.3) is 0 Å². The van der Waals surface area contributed by atoms with Gasteiger partial charge in [-0.2, -0.15) is 0 Å². The van der Waals surface area contributed by atoms with Crippen LogP contribution in [0.2, 0.25) is 0 Å². The zero-order chi connectivity index (χ0) is 23.0. The first-order valence-electron chi connectivity index (χ1n) is 11.0. The molecule has 1 N–H and O–H groups in total. The standard InChI is InChI=1S/C25H28N4O3S/c1-31-20-11-10-18(22(15-20)32-2)16-28-24(30)19-7-6-14-29(17-19)23-25(27-13-12-26-23)33-21-8-4-3-5-9-21/h3-5,8-13,15,19H,6-7,14,16-17H2,1-2H3,(H,28,30). The second-order valence-corrected chi connectivity index (χ2v) is 8.84. The summed E-state index contributed by atoms with van der Waals surface area (Å²) in [4.78, 5) is 25.5. The Hall–Kier alpha value is -3.26. The monoisotopic (exact) mass is 464 g/mol. The second-order valence-electron chi connectivity index (χ2n) is 7.78. The lowest BCUT2D eigenvalue weighted by Crippen LogP contribution is -2.43. The molecule has 1 aliphatic heterocycles. The van der Waals surface area contributed by atoms with Gasteiger partial charge in [-0.15, -0.1) is 0 Å². The van der Waals surface area contributed by atoms with Crippen LogP contribution in [-0.4, -0.2) is 43.2 Å². The molecule has 2 aromatic carbocycles. The normalized spacial score (nSPS) is 15.7. The Morgan fingerprint density at radius 1 is 1.12 bits per heavy atom. The van der Waals surface area contributed by atoms with Gasteiger partial charge in [-0.1, -0.05) is 30.0 Å². The summed E-state index contributed by atoms with van der Waals surface area (Å²) in [6.07, 6.45) is 5.20. The zero-order valence-electron chi connectivity index (χ0n) is 18.9. The van der Waals surface area contributed by atoms with Crippen molar-refractivity contribution >= 4 is 23.5 Å². The van der Waals surface area contributed by atoms with Crippen LogP contribution in [0.1, 0.15) is 18.4 Å². The summed E-state index contributed by atoms with van der Waals surface area (Å²) in [5.41, 5.74) is 0.912. The van der Waals surface area contributed by atoms with Gasteiger partial charge in [0.1, 0.15) is 16.5 Å². The van der Waals surface area contributed by atoms with Crippen LogP contribution < -0.4 is 19.7 Å². The lowest BCUT2D eigenvalue weighted by atomic mass is 9.97. The first kappa shape index (κ1) is 22.9. The number of hydrogen-bond donors (Lipinski definition) is 1. The molecule has 1 aliphatic rings. The van der Waals surface area contributed by atoms with Crippen LogP contribution in [-0.2, 0) is 11.3 Å². The van der Waals surface area contributed by atoms with Crippen LogP contribution >= 0.6 is 11.8 Å². The van der Waals surface area contributed by atoms with E-state index in [-0.39, 0.29) is 11.8 Å². The van der Waals surface area contributed by atoms with E-state index in [1.54, 1.807) is 38.4 Å². The van der Waals surface area contributed by atoms with Crippen LogP contribution in [0.5, 0.6) is 11.5 Å². The van der Waals surface area contributed by atoms with Gasteiger partial charge in [0, 0.05) is 48.6 Å². The second kappa shape index (κ2) is 11.0. The molecule has 1 atom stereocenters. The topological polar surface area (TPSA) is 76.6 Å². The summed E-state index contributed by atoms with van der Waals surface area (Å²) in [5, 5.41) is 3.93. The molecule has 2 heterocycles. The third-order valence-corrected chi connectivity index (χ3v) is 6.63. The Morgan fingerprint density at radius 2 is 1.94 bits per heavy atom. The van der Waals surface area contributed by atoms with Gasteiger partial charge in [0.05, 0.1) is 20.1 Å². The van der Waals surface area contributed by atoms with Crippen molar-refractivity contribution in [2.24, 2.45) is 5.92 Å². The van der Waals surface area contributed by atoms with Gasteiger partial charge >= 0.3 is 0 Å². The highest BCUT2D eigenvalue weighted by atomic mass is 32.2. The van der Waals surface area contributed by atoms with Crippen molar-refractivity contribution in [2.75, 3.05) is 32.2 Å². The highest BCUT2D eigenvalue weighted by Gasteiger charge is 2.28. The molecule has 7 nitrogen and oxygen atoms in total. The summed E-state index contributed by atoms with van der Waals surface area (Å²) in [6, 6.07) is 15.7. The van der Waals surface area contributed by atoms with E-state index in [4.69, 9.17) is 9.47 Å². The summed E-state index contributed by atoms with van der Waals surface area (Å²) >= 11 is 1.59. The maximum absolute atomic E-state index is 13.0. The highest BCUT2D eigenvalue weighted by molar-refractivity contribution is 7.99. The average molecular weight is 465 g/mol. The number of ether oxygens (including phenoxy) is 2. The molecule has 1 unspecified atom stereocenters. The Kier molecular flexibility index (Phi) is 7.67. The van der Waals surface area contributed by atoms with Crippen LogP contribution in [0.15, 0.2) is 70.8 Å². The maximum Gasteiger partial charge on any atom is 0.225 e. The van der Waals surface area contributed by atoms with Crippen molar-refractivity contribution in [3.05, 3.63) is 66.5 Å². The van der Waals surface area contributed by atoms with Gasteiger partial charge in [0.2, 0.25) is 5.91 Å². The fraction of sp³-hybridized carbons (Fsp3) is 0.320. The quantitative estimate of drug-likeness (QED) is 0.536. The van der Waals surface area contributed by atoms with Crippen LogP contribution in [0.3, 0.4) is 0 Å². The van der Waals surface area contributed by atoms with Crippen molar-refractivity contribution < 1.29 is 14.3 Å². The van der Waals surface area contributed by atoms with Gasteiger partial charge < -0.3 is 19.7 Å². The molecule has 1 fully saturated rings. The van der Waals surface area contributed by atoms with Crippen molar-refractivity contribution in [3.63, 3.8) is 0 Å². The number of methoxy groups -OCH3 is 2. The van der Waals surface area contributed by atoms with E-state index in [9.17, 15) is 4.79 Å². The smallest absolute Gasteiger partial charge is 0.225 e. The van der Waals surface area contributed by atoms with E-state index >= 15 is 0 Å². The predicted octanol–water partition coefficient (Wildman–Crippen LogP) is 4.18. The van der Waals surface area contributed by atoms with E-state index in [0.29, 0.717) is 18.8 Å². The first-order valence-corrected chi connectivity index (χ1v) is 11.8. The van der Waals surface area contributed by atoms with E-state index in [1.165, 1.54) is 0 Å². The van der Waals surface area contributed by atoms with E-state index in [0.717, 1.165) is 46.4 Å². The molecule has 4 rings (SSSR count). The number of rotatable bonds is 8. The molecule has 1 aromatic heterocycles. The van der Waals surface area contributed by atoms with Crippen LogP contribution in [0.4, 0.5) is 5.82 Å². The van der Waals surface area contributed by atoms with Crippen molar-refractivity contribution in [1.82, 2.24) is 15.3 Å². The number of piperidine rings is 1. The molecule has 0 aliphatic carbocycles. The Bertz CT molecular complexity index is 1080. The molecular weight excluding hydrogens is 436 g/mol. The summed E-state index contributed by atoms with van der Waals surface area (Å²) in [6.45, 7) is 1.88. The third-order valence-electron chi connectivity index (χ3n) is 5.64. The summed E-state index contributed by atoms with van der Waals surface area (Å²) in [5.74, 6) is 2.18. The van der Waals surface area contributed by atoms with E-state index in [1.807, 2.05) is 36.4 Å². The number of hydrogen-bond acceptors (Lipinski definition) is 7. The van der Waals surface area contributed by atoms with Gasteiger partial charge in [0.15, 0.2) is 5.82 Å². The van der Waals surface area contributed by atoms with Crippen molar-refractivity contribution in [1.29, 1.82) is 0 Å². The summed E-state index contributed by atoms with van der Waals surface area (Å²) in [7, 11) is 3.23. The Balaban J connectivity index is 1.41. The molecule has 33 heavy (non-hydrogen) atoms. The van der Waals surface area contributed by atoms with Gasteiger partial charge in [-0.25, -0.2) is 9.97 Å². The molecule has 172 valence electrons. The number of benzene rings is 2. The van der Waals surface area contributed by atoms with Crippen LogP contribution in [0, 0.1) is 5.92 Å². The van der Waals surface area contributed by atoms with Gasteiger partial charge in [-0.05, 0) is 37.1 Å². The summed E-state index contributed by atoms with van der Waals surface area (Å²) < 4.78 is 10.7. The minimum Gasteiger partial charge on any atom is -0.497 e. The molecule has 0 bridgehead atoms. The minimum atomic E-state index is -0.112. The number of nitrogens with one attached hydrogen (secondary N) is 1. The first-order chi connectivity index (χ1) is 16.2. The number of nitrogens with zero attached hydrogens (tertiary/aromatic N) is 3. The zero-order valence-corrected chi connectivity index (χ0v) is 19.7. The minimum absolute atomic E-state index is 0.0405. The lowest BCUT2D eigenvalue weighted by Gasteiger charge is -2.33. The molecule has 8 heteroatoms. The number of anilines is 1. The van der Waals surface area contributed by atoms with Crippen molar-refractivity contribution in [3.8, 4) is 11.5 Å². The highest BCUT2D eigenvalue weighted by Crippen LogP contribution is 2.34. The molecule has 0 saturated carbocycles. The SMILES string of the molecule is COc1ccc(CNC(=O)C2CCCN(c3nccnc3Sc3ccccc3)C2)c(OC)c1. The molecule has 0 radical (unpaired) electrons. The molecule has 0 spiro atoms. The van der Waals surface area contributed by atoms with E-state index < -0.39 is 0 Å². The predicted molar refractivity (Wildman–Crippen MR) is 129 cm³/mol. The Morgan fingerprint density at radius 3 is 2.73 bits per heavy atom. The molecule has 1 saturated heterocycles. The van der Waals surface area contributed by atoms with E-state index in [2.05, 4.69) is 32.3 Å². The largest absolute Gasteiger partial charge is 0.497 e. The number of carbonyl (C=O) groups is 1. The number of carbonyl (C=O) groups excluding carboxylic acids is 1. The van der Waals surface area contributed by atoms with Crippen LogP contribution in [0.25, 0.3) is 0 Å². The molecular formula is C25H28N4O3S. The number of amides is 1. The van der Waals surface area contributed by atoms with Gasteiger partial charge in [-0.3, -0.25) is 4.79 Å². The molecule has 3 aromatic rings. The fourth-order valence-electron chi connectivity index (χ4n) is 3.92. The lowest BCUT2D eigenvalue weighted by molar-refractivity contribution is -0.125. The van der Waals surface area contributed by atoms with Crippen molar-refractivity contribution in [2.45, 2.75) is 29.3 Å². The average Bonchev–Trinajstić information content (AvgIpc) is 2.88. The third kappa shape index (κ3) is 5.76.